The molecule has 2 heterocycles. The molecule has 0 aromatic carbocycles. The van der Waals surface area contributed by atoms with E-state index in [-0.39, 0.29) is 19.0 Å². The van der Waals surface area contributed by atoms with E-state index < -0.39 is 6.17 Å². The molecule has 1 amide bonds. The second-order valence-electron chi connectivity index (χ2n) is 2.78. The molecule has 0 unspecified atom stereocenters. The Morgan fingerprint density at radius 2 is 2.46 bits per heavy atom. The molecule has 2 rings (SSSR count). The first kappa shape index (κ1) is 8.90. The van der Waals surface area contributed by atoms with Crippen LogP contribution in [-0.4, -0.2) is 35.1 Å². The number of carbonyl (C=O) groups excluding carboxylic acids is 1. The number of hydrogen-bond donors (Lipinski definition) is 0. The van der Waals surface area contributed by atoms with Crippen molar-refractivity contribution in [1.29, 1.82) is 0 Å². The summed E-state index contributed by atoms with van der Waals surface area (Å²) in [5.41, 5.74) is 0. The van der Waals surface area contributed by atoms with Crippen molar-refractivity contribution in [3.63, 3.8) is 0 Å². The number of halogens is 2. The minimum atomic E-state index is -0.876. The van der Waals surface area contributed by atoms with Gasteiger partial charge in [0.1, 0.15) is 10.5 Å². The number of thiazole rings is 1. The molecule has 1 fully saturated rings. The van der Waals surface area contributed by atoms with Crippen molar-refractivity contribution in [2.24, 2.45) is 0 Å². The van der Waals surface area contributed by atoms with E-state index in [4.69, 9.17) is 11.6 Å². The molecular formula is C7H6ClFN2OS. The molecule has 6 heteroatoms. The monoisotopic (exact) mass is 220 g/mol. The van der Waals surface area contributed by atoms with Crippen LogP contribution in [-0.2, 0) is 0 Å². The van der Waals surface area contributed by atoms with E-state index in [0.29, 0.717) is 9.34 Å². The van der Waals surface area contributed by atoms with Crippen LogP contribution < -0.4 is 0 Å². The van der Waals surface area contributed by atoms with Crippen LogP contribution in [0.4, 0.5) is 4.39 Å². The second-order valence-corrected chi connectivity index (χ2v) is 4.44. The zero-order chi connectivity index (χ0) is 9.42. The van der Waals surface area contributed by atoms with Crippen LogP contribution in [0.2, 0.25) is 4.34 Å². The molecule has 3 nitrogen and oxygen atoms in total. The molecule has 1 aliphatic heterocycles. The minimum absolute atomic E-state index is 0.177. The van der Waals surface area contributed by atoms with Crippen LogP contribution in [0.1, 0.15) is 9.80 Å². The lowest BCUT2D eigenvalue weighted by atomic mass is 10.2. The lowest BCUT2D eigenvalue weighted by Gasteiger charge is -2.33. The molecule has 1 aromatic rings. The molecule has 0 aliphatic carbocycles. The van der Waals surface area contributed by atoms with Gasteiger partial charge in [0.05, 0.1) is 19.3 Å². The molecule has 0 saturated carbocycles. The van der Waals surface area contributed by atoms with Crippen molar-refractivity contribution in [3.8, 4) is 0 Å². The van der Waals surface area contributed by atoms with Crippen molar-refractivity contribution in [1.82, 2.24) is 9.88 Å². The van der Waals surface area contributed by atoms with Crippen LogP contribution in [0.25, 0.3) is 0 Å². The van der Waals surface area contributed by atoms with E-state index >= 15 is 0 Å². The van der Waals surface area contributed by atoms with Gasteiger partial charge in [-0.2, -0.15) is 0 Å². The highest BCUT2D eigenvalue weighted by Crippen LogP contribution is 2.22. The average Bonchev–Trinajstić information content (AvgIpc) is 2.45. The topological polar surface area (TPSA) is 33.2 Å². The van der Waals surface area contributed by atoms with Crippen LogP contribution >= 0.6 is 22.9 Å². The Kier molecular flexibility index (Phi) is 2.21. The van der Waals surface area contributed by atoms with Crippen LogP contribution in [0, 0.1) is 0 Å². The van der Waals surface area contributed by atoms with Gasteiger partial charge in [0.2, 0.25) is 0 Å². The van der Waals surface area contributed by atoms with Gasteiger partial charge >= 0.3 is 0 Å². The van der Waals surface area contributed by atoms with Gasteiger partial charge in [-0.15, -0.1) is 0 Å². The molecule has 0 bridgehead atoms. The lowest BCUT2D eigenvalue weighted by molar-refractivity contribution is 0.0400. The van der Waals surface area contributed by atoms with Gasteiger partial charge in [-0.1, -0.05) is 22.9 Å². The van der Waals surface area contributed by atoms with Crippen molar-refractivity contribution >= 4 is 28.8 Å². The summed E-state index contributed by atoms with van der Waals surface area (Å²) in [7, 11) is 0. The van der Waals surface area contributed by atoms with Crippen LogP contribution in [0.3, 0.4) is 0 Å². The summed E-state index contributed by atoms with van der Waals surface area (Å²) in [5.74, 6) is -0.231. The van der Waals surface area contributed by atoms with E-state index in [1.54, 1.807) is 0 Å². The highest BCUT2D eigenvalue weighted by molar-refractivity contribution is 7.17. The predicted octanol–water partition coefficient (Wildman–Crippen LogP) is 1.59. The Hall–Kier alpha value is -0.680. The zero-order valence-corrected chi connectivity index (χ0v) is 8.11. The Labute approximate surface area is 83.1 Å². The maximum absolute atomic E-state index is 12.4. The highest BCUT2D eigenvalue weighted by Gasteiger charge is 2.32. The fraction of sp³-hybridized carbons (Fsp3) is 0.429. The van der Waals surface area contributed by atoms with Crippen molar-refractivity contribution in [3.05, 3.63) is 15.5 Å². The van der Waals surface area contributed by atoms with Gasteiger partial charge in [-0.25, -0.2) is 9.37 Å². The number of aromatic nitrogens is 1. The number of amides is 1. The number of likely N-dealkylation sites (tertiary alicyclic amines) is 1. The first-order valence-electron chi connectivity index (χ1n) is 3.71. The summed E-state index contributed by atoms with van der Waals surface area (Å²) in [6, 6.07) is 0. The Morgan fingerprint density at radius 3 is 2.92 bits per heavy atom. The molecule has 1 saturated heterocycles. The normalized spacial score (nSPS) is 17.2. The van der Waals surface area contributed by atoms with E-state index in [9.17, 15) is 9.18 Å². The second kappa shape index (κ2) is 3.23. The smallest absolute Gasteiger partial charge is 0.283 e. The third-order valence-electron chi connectivity index (χ3n) is 1.78. The number of nitrogens with zero attached hydrogens (tertiary/aromatic N) is 2. The maximum Gasteiger partial charge on any atom is 0.283 e. The summed E-state index contributed by atoms with van der Waals surface area (Å²) in [6.07, 6.45) is 0.547. The summed E-state index contributed by atoms with van der Waals surface area (Å²) >= 11 is 6.73. The molecule has 70 valence electrons. The Balaban J connectivity index is 2.06. The molecular weight excluding hydrogens is 215 g/mol. The standard InChI is InChI=1S/C7H6ClFN2OS/c8-5-1-10-6(13-5)7(12)11-2-4(9)3-11/h1,4H,2-3H2. The number of rotatable bonds is 1. The largest absolute Gasteiger partial charge is 0.331 e. The molecule has 0 atom stereocenters. The van der Waals surface area contributed by atoms with E-state index in [2.05, 4.69) is 4.98 Å². The molecule has 13 heavy (non-hydrogen) atoms. The summed E-state index contributed by atoms with van der Waals surface area (Å²) in [6.45, 7) is 0.353. The first-order valence-corrected chi connectivity index (χ1v) is 4.91. The maximum atomic E-state index is 12.4. The van der Waals surface area contributed by atoms with E-state index in [1.165, 1.54) is 11.1 Å². The Bertz CT molecular complexity index is 337. The third-order valence-corrected chi connectivity index (χ3v) is 2.89. The molecule has 0 N–H and O–H groups in total. The number of hydrogen-bond acceptors (Lipinski definition) is 3. The summed E-state index contributed by atoms with van der Waals surface area (Å²) < 4.78 is 12.9. The van der Waals surface area contributed by atoms with E-state index in [1.807, 2.05) is 0 Å². The quantitative estimate of drug-likeness (QED) is 0.720. The van der Waals surface area contributed by atoms with Crippen molar-refractivity contribution < 1.29 is 9.18 Å². The van der Waals surface area contributed by atoms with Gasteiger partial charge in [0.25, 0.3) is 5.91 Å². The summed E-state index contributed by atoms with van der Waals surface area (Å²) in [5, 5.41) is 0.330. The third kappa shape index (κ3) is 1.66. The van der Waals surface area contributed by atoms with Gasteiger partial charge in [-0.05, 0) is 0 Å². The van der Waals surface area contributed by atoms with Gasteiger partial charge in [0.15, 0.2) is 5.01 Å². The van der Waals surface area contributed by atoms with E-state index in [0.717, 1.165) is 11.3 Å². The number of alkyl halides is 1. The van der Waals surface area contributed by atoms with Crippen LogP contribution in [0.15, 0.2) is 6.20 Å². The Morgan fingerprint density at radius 1 is 1.77 bits per heavy atom. The molecule has 0 spiro atoms. The first-order chi connectivity index (χ1) is 6.16. The highest BCUT2D eigenvalue weighted by atomic mass is 35.5. The predicted molar refractivity (Wildman–Crippen MR) is 47.9 cm³/mol. The zero-order valence-electron chi connectivity index (χ0n) is 6.54. The molecule has 1 aromatic heterocycles. The fourth-order valence-corrected chi connectivity index (χ4v) is 1.96. The molecule has 0 radical (unpaired) electrons. The lowest BCUT2D eigenvalue weighted by Crippen LogP contribution is -2.51. The fourth-order valence-electron chi connectivity index (χ4n) is 1.08. The number of carbonyl (C=O) groups is 1. The average molecular weight is 221 g/mol. The molecule has 1 aliphatic rings. The van der Waals surface area contributed by atoms with Gasteiger partial charge in [0, 0.05) is 0 Å². The summed E-state index contributed by atoms with van der Waals surface area (Å²) in [4.78, 5) is 16.7. The SMILES string of the molecule is O=C(c1ncc(Cl)s1)N1CC(F)C1. The van der Waals surface area contributed by atoms with Crippen molar-refractivity contribution in [2.45, 2.75) is 6.17 Å². The minimum Gasteiger partial charge on any atom is -0.331 e. The van der Waals surface area contributed by atoms with Crippen molar-refractivity contribution in [2.75, 3.05) is 13.1 Å². The van der Waals surface area contributed by atoms with Gasteiger partial charge in [-0.3, -0.25) is 4.79 Å². The van der Waals surface area contributed by atoms with Gasteiger partial charge < -0.3 is 4.90 Å². The van der Waals surface area contributed by atoms with Crippen LogP contribution in [0.5, 0.6) is 0 Å².